The molecule has 21 heavy (non-hydrogen) atoms. The van der Waals surface area contributed by atoms with Crippen molar-refractivity contribution in [2.45, 2.75) is 31.0 Å². The van der Waals surface area contributed by atoms with Crippen molar-refractivity contribution in [2.24, 2.45) is 0 Å². The molecule has 1 aliphatic rings. The molecule has 1 saturated heterocycles. The van der Waals surface area contributed by atoms with Crippen LogP contribution in [0.5, 0.6) is 0 Å². The number of carbonyl (C=O) groups excluding carboxylic acids is 1. The first-order valence-electron chi connectivity index (χ1n) is 6.53. The van der Waals surface area contributed by atoms with Crippen LogP contribution in [-0.2, 0) is 11.2 Å². The summed E-state index contributed by atoms with van der Waals surface area (Å²) in [5.74, 6) is -0.263. The summed E-state index contributed by atoms with van der Waals surface area (Å²) in [6.45, 7) is -0.204. The van der Waals surface area contributed by atoms with Gasteiger partial charge in [0.25, 0.3) is 0 Å². The number of likely N-dealkylation sites (tertiary alicyclic amines) is 1. The molecule has 7 heteroatoms. The quantitative estimate of drug-likeness (QED) is 0.910. The molecule has 0 radical (unpaired) electrons. The highest BCUT2D eigenvalue weighted by Gasteiger charge is 2.54. The van der Waals surface area contributed by atoms with Crippen molar-refractivity contribution in [1.82, 2.24) is 4.90 Å². The Bertz CT molecular complexity index is 525. The van der Waals surface area contributed by atoms with Gasteiger partial charge >= 0.3 is 6.18 Å². The molecule has 0 saturated carbocycles. The number of rotatable bonds is 2. The van der Waals surface area contributed by atoms with Crippen LogP contribution in [0.3, 0.4) is 0 Å². The van der Waals surface area contributed by atoms with Crippen LogP contribution in [0.25, 0.3) is 0 Å². The average Bonchev–Trinajstić information content (AvgIpc) is 2.38. The molecule has 1 aliphatic heterocycles. The molecule has 1 aromatic carbocycles. The molecular weight excluding hydrogens is 307 g/mol. The van der Waals surface area contributed by atoms with E-state index in [1.165, 1.54) is 4.90 Å². The van der Waals surface area contributed by atoms with Crippen LogP contribution in [0.1, 0.15) is 18.4 Å². The van der Waals surface area contributed by atoms with Crippen molar-refractivity contribution >= 4 is 17.5 Å². The van der Waals surface area contributed by atoms with Gasteiger partial charge in [-0.15, -0.1) is 0 Å². The van der Waals surface area contributed by atoms with E-state index in [9.17, 15) is 23.1 Å². The van der Waals surface area contributed by atoms with Crippen molar-refractivity contribution in [3.8, 4) is 0 Å². The van der Waals surface area contributed by atoms with Crippen molar-refractivity contribution in [3.63, 3.8) is 0 Å². The van der Waals surface area contributed by atoms with Gasteiger partial charge in [0.05, 0.1) is 6.42 Å². The fraction of sp³-hybridized carbons (Fsp3) is 0.500. The third kappa shape index (κ3) is 3.68. The van der Waals surface area contributed by atoms with E-state index >= 15 is 0 Å². The zero-order valence-electron chi connectivity index (χ0n) is 11.2. The Hall–Kier alpha value is -1.27. The van der Waals surface area contributed by atoms with Gasteiger partial charge in [0.2, 0.25) is 5.91 Å². The van der Waals surface area contributed by atoms with Gasteiger partial charge in [-0.3, -0.25) is 4.79 Å². The van der Waals surface area contributed by atoms with Crippen LogP contribution in [0.15, 0.2) is 24.3 Å². The SMILES string of the molecule is O=C(Cc1cccc(Cl)c1)N1CCC(O)(C(F)(F)F)CC1. The lowest BCUT2D eigenvalue weighted by Gasteiger charge is -2.39. The largest absolute Gasteiger partial charge is 0.417 e. The Balaban J connectivity index is 1.95. The van der Waals surface area contributed by atoms with Gasteiger partial charge in [-0.05, 0) is 17.7 Å². The molecule has 0 spiro atoms. The summed E-state index contributed by atoms with van der Waals surface area (Å²) in [5.41, 5.74) is -1.97. The third-order valence-corrected chi connectivity index (χ3v) is 3.95. The standard InChI is InChI=1S/C14H15ClF3NO2/c15-11-3-1-2-10(8-11)9-12(20)19-6-4-13(21,5-7-19)14(16,17)18/h1-3,8,21H,4-7,9H2. The Morgan fingerprint density at radius 2 is 1.95 bits per heavy atom. The summed E-state index contributed by atoms with van der Waals surface area (Å²) in [5, 5.41) is 10.1. The van der Waals surface area contributed by atoms with E-state index in [1.54, 1.807) is 24.3 Å². The van der Waals surface area contributed by atoms with Crippen LogP contribution in [0.4, 0.5) is 13.2 Å². The highest BCUT2D eigenvalue weighted by Crippen LogP contribution is 2.38. The summed E-state index contributed by atoms with van der Waals surface area (Å²) < 4.78 is 38.0. The molecule has 1 N–H and O–H groups in total. The summed E-state index contributed by atoms with van der Waals surface area (Å²) in [4.78, 5) is 13.4. The number of benzene rings is 1. The third-order valence-electron chi connectivity index (χ3n) is 3.72. The van der Waals surface area contributed by atoms with Crippen molar-refractivity contribution in [1.29, 1.82) is 0 Å². The maximum atomic E-state index is 12.7. The van der Waals surface area contributed by atoms with Gasteiger partial charge in [0.15, 0.2) is 5.60 Å². The first kappa shape index (κ1) is 16.1. The molecule has 0 unspecified atom stereocenters. The molecule has 2 rings (SSSR count). The van der Waals surface area contributed by atoms with Crippen LogP contribution in [0.2, 0.25) is 5.02 Å². The van der Waals surface area contributed by atoms with E-state index in [0.717, 1.165) is 0 Å². The Kier molecular flexibility index (Phi) is 4.49. The number of halogens is 4. The van der Waals surface area contributed by atoms with E-state index in [1.807, 2.05) is 0 Å². The van der Waals surface area contributed by atoms with E-state index < -0.39 is 24.6 Å². The van der Waals surface area contributed by atoms with Gasteiger partial charge in [-0.1, -0.05) is 23.7 Å². The second kappa shape index (κ2) is 5.85. The summed E-state index contributed by atoms with van der Waals surface area (Å²) in [6, 6.07) is 6.78. The van der Waals surface area contributed by atoms with E-state index in [4.69, 9.17) is 11.6 Å². The van der Waals surface area contributed by atoms with Gasteiger partial charge in [0.1, 0.15) is 0 Å². The summed E-state index contributed by atoms with van der Waals surface area (Å²) >= 11 is 5.82. The number of carbonyl (C=O) groups is 1. The van der Waals surface area contributed by atoms with Gasteiger partial charge in [0, 0.05) is 31.0 Å². The Morgan fingerprint density at radius 3 is 2.48 bits per heavy atom. The van der Waals surface area contributed by atoms with Gasteiger partial charge in [-0.2, -0.15) is 13.2 Å². The molecule has 1 fully saturated rings. The first-order chi connectivity index (χ1) is 9.71. The van der Waals surface area contributed by atoms with Crippen LogP contribution in [-0.4, -0.2) is 40.8 Å². The minimum absolute atomic E-state index is 0.0883. The molecule has 0 aliphatic carbocycles. The second-order valence-electron chi connectivity index (χ2n) is 5.22. The maximum Gasteiger partial charge on any atom is 0.417 e. The van der Waals surface area contributed by atoms with Crippen molar-refractivity contribution in [3.05, 3.63) is 34.9 Å². The van der Waals surface area contributed by atoms with E-state index in [0.29, 0.717) is 10.6 Å². The number of amides is 1. The number of hydrogen-bond acceptors (Lipinski definition) is 2. The zero-order valence-corrected chi connectivity index (χ0v) is 11.9. The van der Waals surface area contributed by atoms with Crippen molar-refractivity contribution < 1.29 is 23.1 Å². The monoisotopic (exact) mass is 321 g/mol. The molecule has 0 bridgehead atoms. The lowest BCUT2D eigenvalue weighted by molar-refractivity contribution is -0.272. The Labute approximate surface area is 125 Å². The summed E-state index contributed by atoms with van der Waals surface area (Å²) in [6.07, 6.45) is -5.55. The number of nitrogens with zero attached hydrogens (tertiary/aromatic N) is 1. The van der Waals surface area contributed by atoms with Crippen LogP contribution in [0, 0.1) is 0 Å². The van der Waals surface area contributed by atoms with E-state index in [-0.39, 0.29) is 25.4 Å². The molecule has 1 aromatic rings. The molecule has 1 heterocycles. The number of hydrogen-bond donors (Lipinski definition) is 1. The highest BCUT2D eigenvalue weighted by atomic mass is 35.5. The number of alkyl halides is 3. The van der Waals surface area contributed by atoms with E-state index in [2.05, 4.69) is 0 Å². The average molecular weight is 322 g/mol. The molecule has 1 amide bonds. The first-order valence-corrected chi connectivity index (χ1v) is 6.90. The number of aliphatic hydroxyl groups is 1. The number of piperidine rings is 1. The van der Waals surface area contributed by atoms with Crippen LogP contribution < -0.4 is 0 Å². The smallest absolute Gasteiger partial charge is 0.380 e. The van der Waals surface area contributed by atoms with Crippen LogP contribution >= 0.6 is 11.6 Å². The highest BCUT2D eigenvalue weighted by molar-refractivity contribution is 6.30. The van der Waals surface area contributed by atoms with Gasteiger partial charge < -0.3 is 10.0 Å². The molecule has 0 aromatic heterocycles. The van der Waals surface area contributed by atoms with Gasteiger partial charge in [-0.25, -0.2) is 0 Å². The minimum Gasteiger partial charge on any atom is -0.380 e. The normalized spacial score (nSPS) is 18.6. The lowest BCUT2D eigenvalue weighted by Crippen LogP contribution is -2.54. The zero-order chi connectivity index (χ0) is 15.7. The maximum absolute atomic E-state index is 12.7. The lowest BCUT2D eigenvalue weighted by atomic mass is 9.90. The second-order valence-corrected chi connectivity index (χ2v) is 5.65. The molecule has 116 valence electrons. The summed E-state index contributed by atoms with van der Waals surface area (Å²) in [7, 11) is 0. The topological polar surface area (TPSA) is 40.5 Å². The predicted octanol–water partition coefficient (Wildman–Crippen LogP) is 2.80. The minimum atomic E-state index is -4.66. The molecule has 3 nitrogen and oxygen atoms in total. The fourth-order valence-corrected chi connectivity index (χ4v) is 2.56. The van der Waals surface area contributed by atoms with Crippen molar-refractivity contribution in [2.75, 3.05) is 13.1 Å². The molecular formula is C14H15ClF3NO2. The fourth-order valence-electron chi connectivity index (χ4n) is 2.34. The predicted molar refractivity (Wildman–Crippen MR) is 72.0 cm³/mol. The Morgan fingerprint density at radius 1 is 1.33 bits per heavy atom. The molecule has 0 atom stereocenters.